The molecule has 0 aromatic heterocycles. The van der Waals surface area contributed by atoms with Crippen LogP contribution in [0.2, 0.25) is 0 Å². The van der Waals surface area contributed by atoms with Gasteiger partial charge in [-0.25, -0.2) is 0 Å². The second kappa shape index (κ2) is 6.72. The molecule has 1 atom stereocenters. The van der Waals surface area contributed by atoms with Crippen molar-refractivity contribution in [3.63, 3.8) is 0 Å². The van der Waals surface area contributed by atoms with E-state index >= 15 is 0 Å². The van der Waals surface area contributed by atoms with Crippen LogP contribution in [0, 0.1) is 0 Å². The minimum absolute atomic E-state index is 0.171. The van der Waals surface area contributed by atoms with E-state index in [1.54, 1.807) is 6.92 Å². The van der Waals surface area contributed by atoms with Gasteiger partial charge in [0.2, 0.25) is 5.91 Å². The summed E-state index contributed by atoms with van der Waals surface area (Å²) >= 11 is 3.48. The van der Waals surface area contributed by atoms with Crippen molar-refractivity contribution in [3.05, 3.63) is 34.3 Å². The summed E-state index contributed by atoms with van der Waals surface area (Å²) in [5.41, 5.74) is 1.35. The van der Waals surface area contributed by atoms with Gasteiger partial charge in [0.05, 0.1) is 0 Å². The van der Waals surface area contributed by atoms with Crippen LogP contribution in [-0.4, -0.2) is 41.9 Å². The van der Waals surface area contributed by atoms with Gasteiger partial charge in [0.25, 0.3) is 0 Å². The molecule has 0 saturated carbocycles. The fraction of sp³-hybridized carbons (Fsp3) is 0.562. The van der Waals surface area contributed by atoms with E-state index in [1.807, 2.05) is 11.9 Å². The molecule has 0 aliphatic carbocycles. The van der Waals surface area contributed by atoms with Gasteiger partial charge in [0.15, 0.2) is 0 Å². The predicted molar refractivity (Wildman–Crippen MR) is 85.6 cm³/mol. The van der Waals surface area contributed by atoms with E-state index in [4.69, 9.17) is 0 Å². The number of carbonyl (C=O) groups is 1. The molecule has 1 aliphatic rings. The average molecular weight is 339 g/mol. The standard InChI is InChI=1S/C16H23BrN2O/c1-12(14-4-6-15(17)7-5-14)19-10-8-16(9-11-19)18(3)13(2)20/h4-7,12,16H,8-11H2,1-3H3. The first-order valence-corrected chi connectivity index (χ1v) is 8.01. The molecule has 0 radical (unpaired) electrons. The van der Waals surface area contributed by atoms with Crippen molar-refractivity contribution in [3.8, 4) is 0 Å². The molecule has 110 valence electrons. The van der Waals surface area contributed by atoms with Crippen LogP contribution in [0.25, 0.3) is 0 Å². The van der Waals surface area contributed by atoms with Crippen molar-refractivity contribution < 1.29 is 4.79 Å². The van der Waals surface area contributed by atoms with Crippen LogP contribution in [0.15, 0.2) is 28.7 Å². The molecular formula is C16H23BrN2O. The molecule has 1 aliphatic heterocycles. The molecule has 1 heterocycles. The van der Waals surface area contributed by atoms with Gasteiger partial charge in [-0.3, -0.25) is 9.69 Å². The number of hydrogen-bond donors (Lipinski definition) is 0. The minimum Gasteiger partial charge on any atom is -0.343 e. The number of halogens is 1. The Kier molecular flexibility index (Phi) is 5.22. The highest BCUT2D eigenvalue weighted by Gasteiger charge is 2.26. The lowest BCUT2D eigenvalue weighted by molar-refractivity contribution is -0.130. The molecule has 1 fully saturated rings. The van der Waals surface area contributed by atoms with Crippen molar-refractivity contribution >= 4 is 21.8 Å². The van der Waals surface area contributed by atoms with Crippen molar-refractivity contribution in [1.29, 1.82) is 0 Å². The summed E-state index contributed by atoms with van der Waals surface area (Å²) in [5, 5.41) is 0. The summed E-state index contributed by atoms with van der Waals surface area (Å²) in [6.45, 7) is 6.02. The lowest BCUT2D eigenvalue weighted by Gasteiger charge is -2.39. The third kappa shape index (κ3) is 3.61. The van der Waals surface area contributed by atoms with Crippen molar-refractivity contribution in [2.45, 2.75) is 38.8 Å². The van der Waals surface area contributed by atoms with Crippen LogP contribution in [0.3, 0.4) is 0 Å². The Morgan fingerprint density at radius 2 is 1.85 bits per heavy atom. The van der Waals surface area contributed by atoms with Crippen LogP contribution in [0.4, 0.5) is 0 Å². The highest BCUT2D eigenvalue weighted by atomic mass is 79.9. The third-order valence-electron chi connectivity index (χ3n) is 4.44. The number of piperidine rings is 1. The van der Waals surface area contributed by atoms with Crippen LogP contribution >= 0.6 is 15.9 Å². The molecule has 20 heavy (non-hydrogen) atoms. The fourth-order valence-corrected chi connectivity index (χ4v) is 3.13. The van der Waals surface area contributed by atoms with E-state index in [9.17, 15) is 4.79 Å². The van der Waals surface area contributed by atoms with Gasteiger partial charge in [-0.05, 0) is 37.5 Å². The zero-order valence-corrected chi connectivity index (χ0v) is 14.1. The molecule has 4 heteroatoms. The SMILES string of the molecule is CC(=O)N(C)C1CCN(C(C)c2ccc(Br)cc2)CC1. The molecule has 1 unspecified atom stereocenters. The number of benzene rings is 1. The number of hydrogen-bond acceptors (Lipinski definition) is 2. The fourth-order valence-electron chi connectivity index (χ4n) is 2.87. The summed E-state index contributed by atoms with van der Waals surface area (Å²) in [5.74, 6) is 0.171. The Morgan fingerprint density at radius 1 is 1.30 bits per heavy atom. The second-order valence-electron chi connectivity index (χ2n) is 5.62. The van der Waals surface area contributed by atoms with Gasteiger partial charge in [-0.1, -0.05) is 28.1 Å². The average Bonchev–Trinajstić information content (AvgIpc) is 2.46. The smallest absolute Gasteiger partial charge is 0.219 e. The lowest BCUT2D eigenvalue weighted by atomic mass is 9.99. The summed E-state index contributed by atoms with van der Waals surface area (Å²) in [4.78, 5) is 15.8. The van der Waals surface area contributed by atoms with Crippen molar-refractivity contribution in [2.24, 2.45) is 0 Å². The maximum Gasteiger partial charge on any atom is 0.219 e. The van der Waals surface area contributed by atoms with E-state index in [-0.39, 0.29) is 5.91 Å². The highest BCUT2D eigenvalue weighted by Crippen LogP contribution is 2.26. The highest BCUT2D eigenvalue weighted by molar-refractivity contribution is 9.10. The first-order chi connectivity index (χ1) is 9.49. The van der Waals surface area contributed by atoms with Crippen LogP contribution in [0.1, 0.15) is 38.3 Å². The van der Waals surface area contributed by atoms with Gasteiger partial charge < -0.3 is 4.90 Å². The van der Waals surface area contributed by atoms with E-state index in [2.05, 4.69) is 52.0 Å². The molecule has 3 nitrogen and oxygen atoms in total. The van der Waals surface area contributed by atoms with Crippen LogP contribution in [-0.2, 0) is 4.79 Å². The Bertz CT molecular complexity index is 452. The second-order valence-corrected chi connectivity index (χ2v) is 6.54. The first kappa shape index (κ1) is 15.5. The Morgan fingerprint density at radius 3 is 2.35 bits per heavy atom. The number of carbonyl (C=O) groups excluding carboxylic acids is 1. The molecule has 2 rings (SSSR count). The summed E-state index contributed by atoms with van der Waals surface area (Å²) < 4.78 is 1.12. The van der Waals surface area contributed by atoms with Gasteiger partial charge in [0, 0.05) is 43.6 Å². The van der Waals surface area contributed by atoms with Crippen LogP contribution < -0.4 is 0 Å². The van der Waals surface area contributed by atoms with Crippen LogP contribution in [0.5, 0.6) is 0 Å². The summed E-state index contributed by atoms with van der Waals surface area (Å²) in [6, 6.07) is 9.41. The van der Waals surface area contributed by atoms with Crippen molar-refractivity contribution in [1.82, 2.24) is 9.80 Å². The normalized spacial score (nSPS) is 18.8. The Labute approximate surface area is 130 Å². The van der Waals surface area contributed by atoms with Gasteiger partial charge in [-0.15, -0.1) is 0 Å². The van der Waals surface area contributed by atoms with E-state index in [0.29, 0.717) is 12.1 Å². The zero-order chi connectivity index (χ0) is 14.7. The Hall–Kier alpha value is -0.870. The molecule has 0 bridgehead atoms. The predicted octanol–water partition coefficient (Wildman–Crippen LogP) is 3.45. The Balaban J connectivity index is 1.93. The molecule has 0 N–H and O–H groups in total. The van der Waals surface area contributed by atoms with E-state index in [0.717, 1.165) is 30.4 Å². The molecule has 1 aromatic carbocycles. The van der Waals surface area contributed by atoms with E-state index < -0.39 is 0 Å². The zero-order valence-electron chi connectivity index (χ0n) is 12.5. The number of likely N-dealkylation sites (tertiary alicyclic amines) is 1. The van der Waals surface area contributed by atoms with Gasteiger partial charge in [0.1, 0.15) is 0 Å². The molecule has 1 aromatic rings. The number of rotatable bonds is 3. The molecule has 0 spiro atoms. The first-order valence-electron chi connectivity index (χ1n) is 7.22. The lowest BCUT2D eigenvalue weighted by Crippen LogP contribution is -2.45. The topological polar surface area (TPSA) is 23.6 Å². The summed E-state index contributed by atoms with van der Waals surface area (Å²) in [6.07, 6.45) is 2.13. The summed E-state index contributed by atoms with van der Waals surface area (Å²) in [7, 11) is 1.92. The monoisotopic (exact) mass is 338 g/mol. The van der Waals surface area contributed by atoms with E-state index in [1.165, 1.54) is 5.56 Å². The third-order valence-corrected chi connectivity index (χ3v) is 4.97. The molecule has 1 amide bonds. The van der Waals surface area contributed by atoms with Crippen molar-refractivity contribution in [2.75, 3.05) is 20.1 Å². The maximum atomic E-state index is 11.4. The number of amides is 1. The number of nitrogens with zero attached hydrogens (tertiary/aromatic N) is 2. The van der Waals surface area contributed by atoms with Gasteiger partial charge in [-0.2, -0.15) is 0 Å². The quantitative estimate of drug-likeness (QED) is 0.842. The molecular weight excluding hydrogens is 316 g/mol. The van der Waals surface area contributed by atoms with Gasteiger partial charge >= 0.3 is 0 Å². The molecule has 1 saturated heterocycles. The maximum absolute atomic E-state index is 11.4. The largest absolute Gasteiger partial charge is 0.343 e. The minimum atomic E-state index is 0.171.